The third-order valence-electron chi connectivity index (χ3n) is 2.76. The lowest BCUT2D eigenvalue weighted by Gasteiger charge is -2.12. The van der Waals surface area contributed by atoms with Crippen LogP contribution in [0.4, 0.5) is 13.2 Å². The van der Waals surface area contributed by atoms with E-state index in [2.05, 4.69) is 4.98 Å². The second-order valence-electron chi connectivity index (χ2n) is 4.18. The molecule has 0 unspecified atom stereocenters. The number of pyridine rings is 1. The van der Waals surface area contributed by atoms with E-state index in [1.54, 1.807) is 6.92 Å². The summed E-state index contributed by atoms with van der Waals surface area (Å²) in [5.74, 6) is -3.74. The Morgan fingerprint density at radius 2 is 2.05 bits per heavy atom. The lowest BCUT2D eigenvalue weighted by atomic mass is 10.1. The maximum absolute atomic E-state index is 13.3. The van der Waals surface area contributed by atoms with Crippen molar-refractivity contribution in [2.24, 2.45) is 0 Å². The number of nitrogens with zero attached hydrogens (tertiary/aromatic N) is 1. The van der Waals surface area contributed by atoms with Crippen LogP contribution in [0.15, 0.2) is 17.2 Å². The molecule has 22 heavy (non-hydrogen) atoms. The number of aromatic hydroxyl groups is 1. The second kappa shape index (κ2) is 6.87. The van der Waals surface area contributed by atoms with Crippen LogP contribution in [-0.2, 0) is 4.74 Å². The van der Waals surface area contributed by atoms with Gasteiger partial charge < -0.3 is 9.84 Å². The van der Waals surface area contributed by atoms with Gasteiger partial charge in [0.05, 0.1) is 18.8 Å². The summed E-state index contributed by atoms with van der Waals surface area (Å²) >= 11 is 0.877. The van der Waals surface area contributed by atoms with Crippen molar-refractivity contribution in [3.8, 4) is 5.75 Å². The van der Waals surface area contributed by atoms with Crippen LogP contribution in [0.2, 0.25) is 0 Å². The molecule has 0 saturated carbocycles. The molecule has 0 spiro atoms. The van der Waals surface area contributed by atoms with E-state index in [4.69, 9.17) is 4.74 Å². The third-order valence-corrected chi connectivity index (χ3v) is 3.69. The largest absolute Gasteiger partial charge is 0.506 e. The van der Waals surface area contributed by atoms with Gasteiger partial charge in [0.25, 0.3) is 0 Å². The van der Waals surface area contributed by atoms with Gasteiger partial charge in [-0.25, -0.2) is 18.6 Å². The molecule has 2 rings (SSSR count). The monoisotopic (exact) mass is 331 g/mol. The van der Waals surface area contributed by atoms with Crippen LogP contribution in [0, 0.1) is 11.6 Å². The van der Waals surface area contributed by atoms with Crippen molar-refractivity contribution in [2.75, 3.05) is 19.0 Å². The van der Waals surface area contributed by atoms with Crippen molar-refractivity contribution in [1.29, 1.82) is 0 Å². The van der Waals surface area contributed by atoms with E-state index in [1.165, 1.54) is 0 Å². The van der Waals surface area contributed by atoms with Crippen molar-refractivity contribution in [3.05, 3.63) is 29.3 Å². The maximum atomic E-state index is 13.3. The van der Waals surface area contributed by atoms with Gasteiger partial charge in [-0.1, -0.05) is 0 Å². The first kappa shape index (κ1) is 16.4. The molecule has 1 aromatic heterocycles. The average molecular weight is 331 g/mol. The zero-order valence-corrected chi connectivity index (χ0v) is 12.3. The van der Waals surface area contributed by atoms with E-state index < -0.39 is 30.0 Å². The number of hydrogen-bond acceptors (Lipinski definition) is 5. The van der Waals surface area contributed by atoms with E-state index in [9.17, 15) is 23.1 Å². The summed E-state index contributed by atoms with van der Waals surface area (Å²) < 4.78 is 43.8. The number of alkyl halides is 1. The Balaban J connectivity index is 2.69. The molecule has 0 aliphatic carbocycles. The fourth-order valence-corrected chi connectivity index (χ4v) is 2.60. The molecule has 4 nitrogen and oxygen atoms in total. The summed E-state index contributed by atoms with van der Waals surface area (Å²) in [5, 5.41) is 10.1. The Morgan fingerprint density at radius 3 is 2.68 bits per heavy atom. The number of carbonyl (C=O) groups excluding carboxylic acids is 1. The molecule has 0 saturated heterocycles. The summed E-state index contributed by atoms with van der Waals surface area (Å²) in [6.07, 6.45) is 0. The van der Waals surface area contributed by atoms with Gasteiger partial charge in [-0.2, -0.15) is 0 Å². The van der Waals surface area contributed by atoms with Crippen molar-refractivity contribution in [1.82, 2.24) is 4.98 Å². The number of fused-ring (bicyclic) bond motifs is 1. The van der Waals surface area contributed by atoms with Crippen LogP contribution in [-0.4, -0.2) is 35.1 Å². The van der Waals surface area contributed by atoms with Gasteiger partial charge in [0.15, 0.2) is 11.6 Å². The maximum Gasteiger partial charge on any atom is 0.344 e. The molecule has 8 heteroatoms. The molecule has 2 aromatic rings. The van der Waals surface area contributed by atoms with E-state index in [0.717, 1.165) is 23.9 Å². The zero-order chi connectivity index (χ0) is 16.3. The van der Waals surface area contributed by atoms with Crippen LogP contribution in [0.5, 0.6) is 5.75 Å². The summed E-state index contributed by atoms with van der Waals surface area (Å²) in [6.45, 7) is 0.958. The van der Waals surface area contributed by atoms with Gasteiger partial charge in [-0.05, 0) is 13.0 Å². The van der Waals surface area contributed by atoms with Crippen LogP contribution >= 0.6 is 11.8 Å². The van der Waals surface area contributed by atoms with Crippen molar-refractivity contribution in [3.63, 3.8) is 0 Å². The van der Waals surface area contributed by atoms with Crippen molar-refractivity contribution >= 4 is 28.6 Å². The Bertz CT molecular complexity index is 724. The second-order valence-corrected chi connectivity index (χ2v) is 5.27. The molecule has 0 amide bonds. The standard InChI is InChI=1S/C14H12F3NO3S/c1-2-21-14(20)11-12(19)7-5-8(16)9(17)6-10(7)18-13(11)22-4-3-15/h5-6H,2-4H2,1H3,(H,18,19). The Hall–Kier alpha value is -1.96. The van der Waals surface area contributed by atoms with E-state index >= 15 is 0 Å². The van der Waals surface area contributed by atoms with Crippen LogP contribution < -0.4 is 0 Å². The SMILES string of the molecule is CCOC(=O)c1c(SCCF)nc2cc(F)c(F)cc2c1O. The number of aromatic nitrogens is 1. The molecule has 1 heterocycles. The lowest BCUT2D eigenvalue weighted by Crippen LogP contribution is -2.09. The summed E-state index contributed by atoms with van der Waals surface area (Å²) in [4.78, 5) is 16.0. The topological polar surface area (TPSA) is 59.4 Å². The van der Waals surface area contributed by atoms with Crippen molar-refractivity contribution < 1.29 is 27.8 Å². The van der Waals surface area contributed by atoms with Crippen LogP contribution in [0.3, 0.4) is 0 Å². The summed E-state index contributed by atoms with van der Waals surface area (Å²) in [7, 11) is 0. The minimum absolute atomic E-state index is 0.00592. The van der Waals surface area contributed by atoms with Gasteiger partial charge in [0.1, 0.15) is 16.3 Å². The molecule has 0 aliphatic heterocycles. The van der Waals surface area contributed by atoms with E-state index in [1.807, 2.05) is 0 Å². The highest BCUT2D eigenvalue weighted by molar-refractivity contribution is 7.99. The average Bonchev–Trinajstić information content (AvgIpc) is 2.47. The van der Waals surface area contributed by atoms with Gasteiger partial charge >= 0.3 is 5.97 Å². The predicted octanol–water partition coefficient (Wildman–Crippen LogP) is 3.46. The highest BCUT2D eigenvalue weighted by atomic mass is 32.2. The molecule has 118 valence electrons. The normalized spacial score (nSPS) is 10.9. The molecule has 1 aromatic carbocycles. The predicted molar refractivity (Wildman–Crippen MR) is 76.0 cm³/mol. The number of ether oxygens (including phenoxy) is 1. The van der Waals surface area contributed by atoms with Crippen LogP contribution in [0.25, 0.3) is 10.9 Å². The highest BCUT2D eigenvalue weighted by Crippen LogP contribution is 2.35. The molecule has 1 N–H and O–H groups in total. The molecule has 0 bridgehead atoms. The molecular formula is C14H12F3NO3S. The number of esters is 1. The van der Waals surface area contributed by atoms with E-state index in [-0.39, 0.29) is 33.9 Å². The van der Waals surface area contributed by atoms with Gasteiger partial charge in [0.2, 0.25) is 0 Å². The quantitative estimate of drug-likeness (QED) is 0.672. The molecule has 0 radical (unpaired) electrons. The Kier molecular flexibility index (Phi) is 5.12. The number of halogens is 3. The fraction of sp³-hybridized carbons (Fsp3) is 0.286. The molecule has 0 fully saturated rings. The molecule has 0 atom stereocenters. The van der Waals surface area contributed by atoms with Crippen LogP contribution in [0.1, 0.15) is 17.3 Å². The van der Waals surface area contributed by atoms with Crippen molar-refractivity contribution in [2.45, 2.75) is 11.9 Å². The summed E-state index contributed by atoms with van der Waals surface area (Å²) in [6, 6.07) is 1.55. The minimum Gasteiger partial charge on any atom is -0.506 e. The lowest BCUT2D eigenvalue weighted by molar-refractivity contribution is 0.0518. The number of benzene rings is 1. The first-order chi connectivity index (χ1) is 10.5. The molecule has 0 aliphatic rings. The first-order valence-electron chi connectivity index (χ1n) is 6.37. The first-order valence-corrected chi connectivity index (χ1v) is 7.35. The minimum atomic E-state index is -1.18. The fourth-order valence-electron chi connectivity index (χ4n) is 1.85. The zero-order valence-electron chi connectivity index (χ0n) is 11.5. The smallest absolute Gasteiger partial charge is 0.344 e. The summed E-state index contributed by atoms with van der Waals surface area (Å²) in [5.41, 5.74) is -0.315. The Labute approximate surface area is 128 Å². The number of carbonyl (C=O) groups is 1. The number of hydrogen-bond donors (Lipinski definition) is 1. The van der Waals surface area contributed by atoms with Gasteiger partial charge in [-0.15, -0.1) is 11.8 Å². The number of thioether (sulfide) groups is 1. The van der Waals surface area contributed by atoms with E-state index in [0.29, 0.717) is 0 Å². The Morgan fingerprint density at radius 1 is 1.36 bits per heavy atom. The van der Waals surface area contributed by atoms with Gasteiger partial charge in [-0.3, -0.25) is 4.39 Å². The van der Waals surface area contributed by atoms with Gasteiger partial charge in [0, 0.05) is 17.2 Å². The molecular weight excluding hydrogens is 319 g/mol. The third kappa shape index (κ3) is 3.11. The number of rotatable bonds is 5. The highest BCUT2D eigenvalue weighted by Gasteiger charge is 2.23.